The first-order valence-corrected chi connectivity index (χ1v) is 11.9. The number of urea groups is 1. The number of amides is 2. The van der Waals surface area contributed by atoms with E-state index in [1.165, 1.54) is 10.9 Å². The van der Waals surface area contributed by atoms with Crippen molar-refractivity contribution in [2.75, 3.05) is 0 Å². The fourth-order valence-corrected chi connectivity index (χ4v) is 4.19. The highest BCUT2D eigenvalue weighted by Gasteiger charge is 2.34. The highest BCUT2D eigenvalue weighted by Crippen LogP contribution is 2.30. The van der Waals surface area contributed by atoms with E-state index in [0.29, 0.717) is 10.6 Å². The Hall–Kier alpha value is -4.57. The minimum atomic E-state index is -0.834. The lowest BCUT2D eigenvalue weighted by atomic mass is 9.95. The summed E-state index contributed by atoms with van der Waals surface area (Å²) in [6, 6.07) is 17.5. The van der Waals surface area contributed by atoms with Crippen LogP contribution in [-0.2, 0) is 22.7 Å². The predicted molar refractivity (Wildman–Crippen MR) is 134 cm³/mol. The van der Waals surface area contributed by atoms with Crippen molar-refractivity contribution in [2.24, 2.45) is 0 Å². The fraction of sp³-hybridized carbons (Fsp3) is 0.111. The second-order valence-corrected chi connectivity index (χ2v) is 8.93. The number of rotatable bonds is 7. The zero-order valence-electron chi connectivity index (χ0n) is 19.7. The van der Waals surface area contributed by atoms with Crippen molar-refractivity contribution < 1.29 is 23.1 Å². The standard InChI is InChI=1S/C27H20ClF2N5O3/c28-19-8-6-17(7-9-19)25-24(26(36)38-15-16-4-2-1-3-5-16)23(31-27(37)32-25)14-35-13-22(33-34-35)18-10-20(29)12-21(30)11-18/h1-13,25H,14-15H2,(H2,31,32,37). The van der Waals surface area contributed by atoms with Gasteiger partial charge in [-0.25, -0.2) is 23.1 Å². The molecule has 8 nitrogen and oxygen atoms in total. The molecule has 4 aromatic rings. The van der Waals surface area contributed by atoms with Gasteiger partial charge in [-0.05, 0) is 35.4 Å². The van der Waals surface area contributed by atoms with Gasteiger partial charge in [0.2, 0.25) is 0 Å². The molecule has 0 spiro atoms. The van der Waals surface area contributed by atoms with Crippen LogP contribution < -0.4 is 10.6 Å². The molecule has 1 aliphatic rings. The largest absolute Gasteiger partial charge is 0.457 e. The second kappa shape index (κ2) is 10.8. The molecule has 2 N–H and O–H groups in total. The molecule has 0 bridgehead atoms. The third-order valence-corrected chi connectivity index (χ3v) is 6.06. The topological polar surface area (TPSA) is 98.1 Å². The summed E-state index contributed by atoms with van der Waals surface area (Å²) in [6.45, 7) is -0.0472. The first kappa shape index (κ1) is 25.1. The Morgan fingerprint density at radius 3 is 2.45 bits per heavy atom. The smallest absolute Gasteiger partial charge is 0.338 e. The molecule has 5 rings (SSSR count). The molecule has 38 heavy (non-hydrogen) atoms. The van der Waals surface area contributed by atoms with Crippen LogP contribution in [0.1, 0.15) is 17.2 Å². The first-order valence-electron chi connectivity index (χ1n) is 11.5. The van der Waals surface area contributed by atoms with Crippen LogP contribution in [0, 0.1) is 11.6 Å². The summed E-state index contributed by atoms with van der Waals surface area (Å²) in [4.78, 5) is 26.0. The lowest BCUT2D eigenvalue weighted by Crippen LogP contribution is -2.46. The van der Waals surface area contributed by atoms with Crippen molar-refractivity contribution in [2.45, 2.75) is 19.2 Å². The SMILES string of the molecule is O=C1NC(Cn2cc(-c3cc(F)cc(F)c3)nn2)=C(C(=O)OCc2ccccc2)C(c2ccc(Cl)cc2)N1. The third kappa shape index (κ3) is 5.70. The molecule has 192 valence electrons. The molecule has 2 amide bonds. The van der Waals surface area contributed by atoms with Gasteiger partial charge in [-0.3, -0.25) is 0 Å². The van der Waals surface area contributed by atoms with Gasteiger partial charge < -0.3 is 15.4 Å². The van der Waals surface area contributed by atoms with Crippen molar-refractivity contribution in [1.29, 1.82) is 0 Å². The number of aromatic nitrogens is 3. The van der Waals surface area contributed by atoms with E-state index in [4.69, 9.17) is 16.3 Å². The van der Waals surface area contributed by atoms with E-state index in [-0.39, 0.29) is 35.7 Å². The number of esters is 1. The van der Waals surface area contributed by atoms with Gasteiger partial charge in [-0.15, -0.1) is 5.10 Å². The van der Waals surface area contributed by atoms with Gasteiger partial charge in [0, 0.05) is 16.7 Å². The summed E-state index contributed by atoms with van der Waals surface area (Å²) in [6.07, 6.45) is 1.46. The molecule has 3 aromatic carbocycles. The Bertz CT molecular complexity index is 1500. The Kier molecular flexibility index (Phi) is 7.14. The summed E-state index contributed by atoms with van der Waals surface area (Å²) in [5, 5.41) is 13.9. The number of hydrogen-bond donors (Lipinski definition) is 2. The highest BCUT2D eigenvalue weighted by molar-refractivity contribution is 6.30. The van der Waals surface area contributed by atoms with Crippen molar-refractivity contribution in [3.8, 4) is 11.3 Å². The van der Waals surface area contributed by atoms with Gasteiger partial charge in [0.05, 0.1) is 30.1 Å². The Balaban J connectivity index is 1.49. The molecule has 1 unspecified atom stereocenters. The van der Waals surface area contributed by atoms with Crippen LogP contribution >= 0.6 is 11.6 Å². The summed E-state index contributed by atoms with van der Waals surface area (Å²) < 4.78 is 34.3. The molecular weight excluding hydrogens is 516 g/mol. The number of hydrogen-bond acceptors (Lipinski definition) is 5. The normalized spacial score (nSPS) is 15.1. The zero-order valence-corrected chi connectivity index (χ0v) is 20.5. The van der Waals surface area contributed by atoms with Crippen molar-refractivity contribution in [3.05, 3.63) is 118 Å². The number of halogens is 3. The number of carbonyl (C=O) groups is 2. The van der Waals surface area contributed by atoms with Gasteiger partial charge in [0.25, 0.3) is 0 Å². The van der Waals surface area contributed by atoms with Crippen LogP contribution in [0.15, 0.2) is 90.3 Å². The average Bonchev–Trinajstić information content (AvgIpc) is 3.36. The van der Waals surface area contributed by atoms with Crippen molar-refractivity contribution in [1.82, 2.24) is 25.6 Å². The highest BCUT2D eigenvalue weighted by atomic mass is 35.5. The molecule has 0 aliphatic carbocycles. The predicted octanol–water partition coefficient (Wildman–Crippen LogP) is 4.93. The molecule has 0 fully saturated rings. The number of allylic oxidation sites excluding steroid dienone is 1. The lowest BCUT2D eigenvalue weighted by molar-refractivity contribution is -0.140. The van der Waals surface area contributed by atoms with E-state index < -0.39 is 29.7 Å². The van der Waals surface area contributed by atoms with E-state index in [1.54, 1.807) is 24.3 Å². The summed E-state index contributed by atoms with van der Waals surface area (Å²) >= 11 is 6.04. The van der Waals surface area contributed by atoms with Crippen LogP contribution in [0.2, 0.25) is 5.02 Å². The van der Waals surface area contributed by atoms with Crippen LogP contribution in [0.3, 0.4) is 0 Å². The van der Waals surface area contributed by atoms with Gasteiger partial charge in [0.15, 0.2) is 0 Å². The first-order chi connectivity index (χ1) is 18.4. The maximum Gasteiger partial charge on any atom is 0.338 e. The number of ether oxygens (including phenoxy) is 1. The maximum absolute atomic E-state index is 13.7. The molecule has 0 saturated carbocycles. The maximum atomic E-state index is 13.7. The molecule has 1 atom stereocenters. The van der Waals surface area contributed by atoms with Crippen molar-refractivity contribution >= 4 is 23.6 Å². The monoisotopic (exact) mass is 535 g/mol. The average molecular weight is 536 g/mol. The molecular formula is C27H20ClF2N5O3. The minimum Gasteiger partial charge on any atom is -0.457 e. The molecule has 1 aliphatic heterocycles. The van der Waals surface area contributed by atoms with E-state index in [2.05, 4.69) is 20.9 Å². The van der Waals surface area contributed by atoms with Crippen LogP contribution in [0.5, 0.6) is 0 Å². The summed E-state index contributed by atoms with van der Waals surface area (Å²) in [5.41, 5.74) is 2.21. The number of nitrogens with zero attached hydrogens (tertiary/aromatic N) is 3. The quantitative estimate of drug-likeness (QED) is 0.327. The second-order valence-electron chi connectivity index (χ2n) is 8.50. The Labute approximate surface area is 220 Å². The van der Waals surface area contributed by atoms with Gasteiger partial charge in [-0.1, -0.05) is 59.3 Å². The van der Waals surface area contributed by atoms with Gasteiger partial charge >= 0.3 is 12.0 Å². The lowest BCUT2D eigenvalue weighted by Gasteiger charge is -2.29. The van der Waals surface area contributed by atoms with E-state index in [1.807, 2.05) is 30.3 Å². The van der Waals surface area contributed by atoms with Crippen LogP contribution in [0.25, 0.3) is 11.3 Å². The number of carbonyl (C=O) groups excluding carboxylic acids is 2. The van der Waals surface area contributed by atoms with E-state index >= 15 is 0 Å². The third-order valence-electron chi connectivity index (χ3n) is 5.81. The summed E-state index contributed by atoms with van der Waals surface area (Å²) in [7, 11) is 0. The molecule has 11 heteroatoms. The van der Waals surface area contributed by atoms with E-state index in [9.17, 15) is 18.4 Å². The van der Waals surface area contributed by atoms with Crippen LogP contribution in [0.4, 0.5) is 13.6 Å². The van der Waals surface area contributed by atoms with Gasteiger partial charge in [-0.2, -0.15) is 0 Å². The molecule has 2 heterocycles. The molecule has 0 radical (unpaired) electrons. The molecule has 1 aromatic heterocycles. The number of benzene rings is 3. The Morgan fingerprint density at radius 1 is 1.03 bits per heavy atom. The van der Waals surface area contributed by atoms with Crippen molar-refractivity contribution in [3.63, 3.8) is 0 Å². The van der Waals surface area contributed by atoms with E-state index in [0.717, 1.165) is 23.8 Å². The van der Waals surface area contributed by atoms with Crippen LogP contribution in [-0.4, -0.2) is 27.0 Å². The number of nitrogens with one attached hydrogen (secondary N) is 2. The summed E-state index contributed by atoms with van der Waals surface area (Å²) in [5.74, 6) is -2.15. The Morgan fingerprint density at radius 2 is 1.74 bits per heavy atom. The fourth-order valence-electron chi connectivity index (χ4n) is 4.06. The molecule has 0 saturated heterocycles. The van der Waals surface area contributed by atoms with Gasteiger partial charge in [0.1, 0.15) is 23.9 Å². The minimum absolute atomic E-state index is 0.0242. The zero-order chi connectivity index (χ0) is 26.6.